The van der Waals surface area contributed by atoms with Gasteiger partial charge in [-0.25, -0.2) is 0 Å². The van der Waals surface area contributed by atoms with Gasteiger partial charge in [0.15, 0.2) is 6.10 Å². The molecule has 1 unspecified atom stereocenters. The first-order valence-electron chi connectivity index (χ1n) is 7.53. The van der Waals surface area contributed by atoms with Crippen LogP contribution in [0.2, 0.25) is 0 Å². The zero-order chi connectivity index (χ0) is 15.5. The average molecular weight is 296 g/mol. The number of amides is 1. The number of primary amides is 1. The second kappa shape index (κ2) is 6.20. The second-order valence-corrected chi connectivity index (χ2v) is 5.53. The minimum Gasteiger partial charge on any atom is -0.480 e. The number of carbonyl (C=O) groups is 1. The topological polar surface area (TPSA) is 64.3 Å². The normalized spacial score (nSPS) is 15.0. The molecule has 1 aliphatic heterocycles. The van der Waals surface area contributed by atoms with Crippen molar-refractivity contribution >= 4 is 5.91 Å². The van der Waals surface area contributed by atoms with Gasteiger partial charge in [-0.05, 0) is 42.6 Å². The average Bonchev–Trinajstić information content (AvgIpc) is 2.55. The maximum absolute atomic E-state index is 11.3. The molecule has 1 aliphatic rings. The highest BCUT2D eigenvalue weighted by molar-refractivity contribution is 5.80. The molecule has 0 fully saturated rings. The molecule has 1 heterocycles. The van der Waals surface area contributed by atoms with E-state index < -0.39 is 12.0 Å². The van der Waals surface area contributed by atoms with Gasteiger partial charge in [-0.15, -0.1) is 0 Å². The van der Waals surface area contributed by atoms with Gasteiger partial charge in [0, 0.05) is 12.1 Å². The lowest BCUT2D eigenvalue weighted by molar-refractivity contribution is -0.123. The highest BCUT2D eigenvalue weighted by atomic mass is 16.5. The fraction of sp³-hybridized carbons (Fsp3) is 0.278. The van der Waals surface area contributed by atoms with Crippen LogP contribution in [0.5, 0.6) is 5.75 Å². The number of ether oxygens (including phenoxy) is 1. The van der Waals surface area contributed by atoms with Gasteiger partial charge in [0.2, 0.25) is 0 Å². The van der Waals surface area contributed by atoms with Crippen molar-refractivity contribution < 1.29 is 9.53 Å². The second-order valence-electron chi connectivity index (χ2n) is 5.53. The molecule has 2 aromatic rings. The Morgan fingerprint density at radius 2 is 1.95 bits per heavy atom. The molecule has 3 N–H and O–H groups in total. The minimum atomic E-state index is -0.651. The first kappa shape index (κ1) is 14.6. The SMILES string of the molecule is CC(Oc1ccccc1-c1cccc2c1CCNC2)C(N)=O. The third kappa shape index (κ3) is 2.83. The molecule has 0 bridgehead atoms. The van der Waals surface area contributed by atoms with E-state index in [9.17, 15) is 4.79 Å². The fourth-order valence-electron chi connectivity index (χ4n) is 2.82. The van der Waals surface area contributed by atoms with Gasteiger partial charge in [0.25, 0.3) is 5.91 Å². The number of carbonyl (C=O) groups excluding carboxylic acids is 1. The van der Waals surface area contributed by atoms with Crippen molar-refractivity contribution in [2.24, 2.45) is 5.73 Å². The third-order valence-corrected chi connectivity index (χ3v) is 4.02. The zero-order valence-electron chi connectivity index (χ0n) is 12.6. The molecule has 0 saturated heterocycles. The van der Waals surface area contributed by atoms with Crippen molar-refractivity contribution in [2.75, 3.05) is 6.54 Å². The van der Waals surface area contributed by atoms with Crippen molar-refractivity contribution in [3.63, 3.8) is 0 Å². The van der Waals surface area contributed by atoms with Gasteiger partial charge in [-0.1, -0.05) is 36.4 Å². The molecule has 0 radical (unpaired) electrons. The smallest absolute Gasteiger partial charge is 0.258 e. The number of hydrogen-bond donors (Lipinski definition) is 2. The standard InChI is InChI=1S/C18H20N2O2/c1-12(18(19)21)22-17-8-3-2-6-16(17)15-7-4-5-13-11-20-10-9-14(13)15/h2-8,12,20H,9-11H2,1H3,(H2,19,21). The van der Waals surface area contributed by atoms with Crippen LogP contribution in [0.3, 0.4) is 0 Å². The Kier molecular flexibility index (Phi) is 4.11. The van der Waals surface area contributed by atoms with Crippen LogP contribution in [0.15, 0.2) is 42.5 Å². The quantitative estimate of drug-likeness (QED) is 0.909. The Labute approximate surface area is 130 Å². The van der Waals surface area contributed by atoms with E-state index in [2.05, 4.69) is 23.5 Å². The molecule has 0 spiro atoms. The van der Waals surface area contributed by atoms with Crippen LogP contribution in [-0.2, 0) is 17.8 Å². The summed E-state index contributed by atoms with van der Waals surface area (Å²) in [5.74, 6) is 0.231. The van der Waals surface area contributed by atoms with Crippen LogP contribution in [0.1, 0.15) is 18.1 Å². The number of rotatable bonds is 4. The van der Waals surface area contributed by atoms with Crippen molar-refractivity contribution in [3.8, 4) is 16.9 Å². The molecule has 0 saturated carbocycles. The first-order valence-corrected chi connectivity index (χ1v) is 7.53. The molecular formula is C18H20N2O2. The highest BCUT2D eigenvalue weighted by Gasteiger charge is 2.18. The third-order valence-electron chi connectivity index (χ3n) is 4.02. The Morgan fingerprint density at radius 1 is 1.18 bits per heavy atom. The maximum Gasteiger partial charge on any atom is 0.258 e. The molecule has 0 aromatic heterocycles. The summed E-state index contributed by atoms with van der Waals surface area (Å²) in [6, 6.07) is 14.1. The number of nitrogens with two attached hydrogens (primary N) is 1. The number of hydrogen-bond acceptors (Lipinski definition) is 3. The highest BCUT2D eigenvalue weighted by Crippen LogP contribution is 2.35. The molecule has 1 atom stereocenters. The van der Waals surface area contributed by atoms with Crippen molar-refractivity contribution in [3.05, 3.63) is 53.6 Å². The van der Waals surface area contributed by atoms with E-state index >= 15 is 0 Å². The summed E-state index contributed by atoms with van der Waals surface area (Å²) in [4.78, 5) is 11.3. The molecular weight excluding hydrogens is 276 g/mol. The molecule has 3 rings (SSSR count). The van der Waals surface area contributed by atoms with E-state index in [4.69, 9.17) is 10.5 Å². The van der Waals surface area contributed by atoms with E-state index in [0.717, 1.165) is 25.1 Å². The first-order chi connectivity index (χ1) is 10.7. The van der Waals surface area contributed by atoms with Crippen molar-refractivity contribution in [1.29, 1.82) is 0 Å². The van der Waals surface area contributed by atoms with Crippen LogP contribution in [-0.4, -0.2) is 18.6 Å². The summed E-state index contributed by atoms with van der Waals surface area (Å²) < 4.78 is 5.76. The van der Waals surface area contributed by atoms with E-state index in [0.29, 0.717) is 5.75 Å². The number of benzene rings is 2. The predicted molar refractivity (Wildman–Crippen MR) is 86.6 cm³/mol. The van der Waals surface area contributed by atoms with Gasteiger partial charge < -0.3 is 15.8 Å². The molecule has 114 valence electrons. The lowest BCUT2D eigenvalue weighted by Crippen LogP contribution is -2.30. The van der Waals surface area contributed by atoms with Crippen LogP contribution in [0, 0.1) is 0 Å². The molecule has 4 nitrogen and oxygen atoms in total. The molecule has 2 aromatic carbocycles. The van der Waals surface area contributed by atoms with E-state index in [-0.39, 0.29) is 0 Å². The van der Waals surface area contributed by atoms with Crippen LogP contribution >= 0.6 is 0 Å². The molecule has 0 aliphatic carbocycles. The number of nitrogens with one attached hydrogen (secondary N) is 1. The number of fused-ring (bicyclic) bond motifs is 1. The Bertz CT molecular complexity index is 697. The minimum absolute atomic E-state index is 0.464. The maximum atomic E-state index is 11.3. The summed E-state index contributed by atoms with van der Waals surface area (Å²) in [7, 11) is 0. The van der Waals surface area contributed by atoms with E-state index in [1.54, 1.807) is 6.92 Å². The number of para-hydroxylation sites is 1. The Hall–Kier alpha value is -2.33. The van der Waals surface area contributed by atoms with Crippen molar-refractivity contribution in [2.45, 2.75) is 26.0 Å². The largest absolute Gasteiger partial charge is 0.480 e. The predicted octanol–water partition coefficient (Wildman–Crippen LogP) is 2.25. The summed E-state index contributed by atoms with van der Waals surface area (Å²) in [6.07, 6.45) is 0.341. The van der Waals surface area contributed by atoms with Crippen LogP contribution in [0.25, 0.3) is 11.1 Å². The lowest BCUT2D eigenvalue weighted by Gasteiger charge is -2.22. The summed E-state index contributed by atoms with van der Waals surface area (Å²) in [6.45, 7) is 3.54. The zero-order valence-corrected chi connectivity index (χ0v) is 12.6. The Morgan fingerprint density at radius 3 is 2.77 bits per heavy atom. The van der Waals surface area contributed by atoms with Crippen LogP contribution < -0.4 is 15.8 Å². The van der Waals surface area contributed by atoms with Gasteiger partial charge in [0.05, 0.1) is 0 Å². The Balaban J connectivity index is 2.04. The van der Waals surface area contributed by atoms with Crippen molar-refractivity contribution in [1.82, 2.24) is 5.32 Å². The van der Waals surface area contributed by atoms with Gasteiger partial charge >= 0.3 is 0 Å². The molecule has 22 heavy (non-hydrogen) atoms. The van der Waals surface area contributed by atoms with Gasteiger partial charge in [-0.3, -0.25) is 4.79 Å². The molecule has 4 heteroatoms. The van der Waals surface area contributed by atoms with Crippen LogP contribution in [0.4, 0.5) is 0 Å². The van der Waals surface area contributed by atoms with Gasteiger partial charge in [0.1, 0.15) is 5.75 Å². The van der Waals surface area contributed by atoms with E-state index in [1.165, 1.54) is 16.7 Å². The van der Waals surface area contributed by atoms with Gasteiger partial charge in [-0.2, -0.15) is 0 Å². The van der Waals surface area contributed by atoms with E-state index in [1.807, 2.05) is 24.3 Å². The monoisotopic (exact) mass is 296 g/mol. The fourth-order valence-corrected chi connectivity index (χ4v) is 2.82. The molecule has 1 amide bonds. The lowest BCUT2D eigenvalue weighted by atomic mass is 9.91. The summed E-state index contributed by atoms with van der Waals surface area (Å²) in [5.41, 5.74) is 10.2. The summed E-state index contributed by atoms with van der Waals surface area (Å²) >= 11 is 0. The summed E-state index contributed by atoms with van der Waals surface area (Å²) in [5, 5.41) is 3.39.